The molecule has 194 valence electrons. The number of carboxylic acids is 1. The number of benzene rings is 3. The Morgan fingerprint density at radius 3 is 2.37 bits per heavy atom. The number of nitrogens with one attached hydrogen (secondary N) is 3. The van der Waals surface area contributed by atoms with Gasteiger partial charge in [-0.05, 0) is 53.4 Å². The molecule has 0 fully saturated rings. The number of hydrogen-bond acceptors (Lipinski definition) is 6. The van der Waals surface area contributed by atoms with E-state index < -0.39 is 29.7 Å². The monoisotopic (exact) mass is 551 g/mol. The zero-order valence-electron chi connectivity index (χ0n) is 19.7. The van der Waals surface area contributed by atoms with E-state index in [-0.39, 0.29) is 35.0 Å². The van der Waals surface area contributed by atoms with E-state index in [1.807, 2.05) is 24.3 Å². The van der Waals surface area contributed by atoms with E-state index in [0.29, 0.717) is 10.4 Å². The molecule has 4 rings (SSSR count). The van der Waals surface area contributed by atoms with E-state index in [4.69, 9.17) is 11.6 Å². The number of carbonyl (C=O) groups is 4. The topological polar surface area (TPSA) is 145 Å². The molecule has 0 aliphatic heterocycles. The minimum Gasteiger partial charge on any atom is -0.508 e. The van der Waals surface area contributed by atoms with Gasteiger partial charge < -0.3 is 26.2 Å². The molecule has 0 saturated heterocycles. The summed E-state index contributed by atoms with van der Waals surface area (Å²) in [6, 6.07) is 18.2. The molecule has 3 amide bonds. The number of phenols is 1. The van der Waals surface area contributed by atoms with Crippen LogP contribution >= 0.6 is 22.9 Å². The van der Waals surface area contributed by atoms with Crippen LogP contribution in [0, 0.1) is 0 Å². The Morgan fingerprint density at radius 2 is 1.66 bits per heavy atom. The number of rotatable bonds is 9. The Labute approximate surface area is 226 Å². The number of thiophene rings is 1. The highest BCUT2D eigenvalue weighted by atomic mass is 35.5. The van der Waals surface area contributed by atoms with Gasteiger partial charge >= 0.3 is 5.97 Å². The van der Waals surface area contributed by atoms with E-state index in [0.717, 1.165) is 10.1 Å². The number of aromatic hydroxyl groups is 1. The fraction of sp³-hybridized carbons (Fsp3) is 0.111. The van der Waals surface area contributed by atoms with Crippen LogP contribution < -0.4 is 16.0 Å². The molecule has 4 aromatic rings. The van der Waals surface area contributed by atoms with Gasteiger partial charge in [0.1, 0.15) is 11.8 Å². The standard InChI is InChI=1S/C27H22ClN3O6S/c28-20-11-17(24(33)29-13-15-4-3-6-18(32)10-15)8-9-19(20)25(34)31-21(27(36)37)14-30-26(35)23-12-16-5-1-2-7-22(16)38-23/h1-12,21,32H,13-14H2,(H,29,33)(H,30,35)(H,31,34)(H,36,37)/t21-/m0/s1. The third kappa shape index (κ3) is 6.47. The van der Waals surface area contributed by atoms with Crippen molar-refractivity contribution >= 4 is 56.7 Å². The summed E-state index contributed by atoms with van der Waals surface area (Å²) >= 11 is 7.50. The predicted molar refractivity (Wildman–Crippen MR) is 144 cm³/mol. The SMILES string of the molecule is O=C(NCc1cccc(O)c1)c1ccc(C(=O)N[C@@H](CNC(=O)c2cc3ccccc3s2)C(=O)O)c(Cl)c1. The van der Waals surface area contributed by atoms with Gasteiger partial charge in [-0.15, -0.1) is 11.3 Å². The number of phenolic OH excluding ortho intramolecular Hbond substituents is 1. The molecule has 1 atom stereocenters. The van der Waals surface area contributed by atoms with Crippen molar-refractivity contribution in [3.63, 3.8) is 0 Å². The molecule has 9 nitrogen and oxygen atoms in total. The summed E-state index contributed by atoms with van der Waals surface area (Å²) in [6.45, 7) is -0.179. The quantitative estimate of drug-likeness (QED) is 0.214. The molecular formula is C27H22ClN3O6S. The number of amides is 3. The largest absolute Gasteiger partial charge is 0.508 e. The van der Waals surface area contributed by atoms with Crippen LogP contribution in [0.4, 0.5) is 0 Å². The van der Waals surface area contributed by atoms with Crippen molar-refractivity contribution in [1.29, 1.82) is 0 Å². The van der Waals surface area contributed by atoms with Crippen LogP contribution in [0.15, 0.2) is 72.8 Å². The van der Waals surface area contributed by atoms with Crippen molar-refractivity contribution in [3.05, 3.63) is 99.4 Å². The zero-order valence-corrected chi connectivity index (χ0v) is 21.3. The maximum absolute atomic E-state index is 12.7. The van der Waals surface area contributed by atoms with Crippen LogP contribution in [0.2, 0.25) is 5.02 Å². The summed E-state index contributed by atoms with van der Waals surface area (Å²) in [5.74, 6) is -2.94. The molecule has 11 heteroatoms. The van der Waals surface area contributed by atoms with E-state index in [1.54, 1.807) is 18.2 Å². The van der Waals surface area contributed by atoms with Crippen molar-refractivity contribution in [2.45, 2.75) is 12.6 Å². The number of carbonyl (C=O) groups excluding carboxylic acids is 3. The molecule has 1 aromatic heterocycles. The Balaban J connectivity index is 1.36. The first-order chi connectivity index (χ1) is 18.2. The predicted octanol–water partition coefficient (Wildman–Crippen LogP) is 3.80. The molecular weight excluding hydrogens is 530 g/mol. The first-order valence-corrected chi connectivity index (χ1v) is 12.6. The summed E-state index contributed by atoms with van der Waals surface area (Å²) < 4.78 is 0.923. The second-order valence-corrected chi connectivity index (χ2v) is 9.76. The molecule has 0 unspecified atom stereocenters. The van der Waals surface area contributed by atoms with Crippen LogP contribution in [0.25, 0.3) is 10.1 Å². The minimum absolute atomic E-state index is 0.0294. The van der Waals surface area contributed by atoms with Crippen molar-refractivity contribution in [2.24, 2.45) is 0 Å². The van der Waals surface area contributed by atoms with Crippen molar-refractivity contribution < 1.29 is 29.4 Å². The van der Waals surface area contributed by atoms with Crippen LogP contribution in [0.3, 0.4) is 0 Å². The van der Waals surface area contributed by atoms with Crippen molar-refractivity contribution in [2.75, 3.05) is 6.54 Å². The lowest BCUT2D eigenvalue weighted by Crippen LogP contribution is -2.48. The van der Waals surface area contributed by atoms with Gasteiger partial charge in [0.25, 0.3) is 17.7 Å². The summed E-state index contributed by atoms with van der Waals surface area (Å²) in [5, 5.41) is 27.5. The Kier molecular flexibility index (Phi) is 8.25. The highest BCUT2D eigenvalue weighted by molar-refractivity contribution is 7.20. The number of aliphatic carboxylic acids is 1. The van der Waals surface area contributed by atoms with Crippen molar-refractivity contribution in [3.8, 4) is 5.75 Å². The maximum Gasteiger partial charge on any atom is 0.328 e. The lowest BCUT2D eigenvalue weighted by atomic mass is 10.1. The Morgan fingerprint density at radius 1 is 0.868 bits per heavy atom. The Hall–Kier alpha value is -4.41. The highest BCUT2D eigenvalue weighted by Gasteiger charge is 2.24. The zero-order chi connectivity index (χ0) is 27.2. The first kappa shape index (κ1) is 26.6. The third-order valence-electron chi connectivity index (χ3n) is 5.56. The van der Waals surface area contributed by atoms with Crippen LogP contribution in [0.5, 0.6) is 5.75 Å². The van der Waals surface area contributed by atoms with Gasteiger partial charge in [-0.3, -0.25) is 14.4 Å². The fourth-order valence-electron chi connectivity index (χ4n) is 3.60. The van der Waals surface area contributed by atoms with Crippen LogP contribution in [-0.4, -0.2) is 46.5 Å². The molecule has 0 saturated carbocycles. The minimum atomic E-state index is -1.41. The summed E-state index contributed by atoms with van der Waals surface area (Å²) in [4.78, 5) is 49.9. The molecule has 5 N–H and O–H groups in total. The molecule has 0 radical (unpaired) electrons. The van der Waals surface area contributed by atoms with Gasteiger partial charge in [-0.1, -0.05) is 41.9 Å². The molecule has 0 spiro atoms. The van der Waals surface area contributed by atoms with Gasteiger partial charge in [-0.2, -0.15) is 0 Å². The van der Waals surface area contributed by atoms with E-state index in [2.05, 4.69) is 16.0 Å². The van der Waals surface area contributed by atoms with Crippen LogP contribution in [-0.2, 0) is 11.3 Å². The third-order valence-corrected chi connectivity index (χ3v) is 6.99. The van der Waals surface area contributed by atoms with Crippen molar-refractivity contribution in [1.82, 2.24) is 16.0 Å². The molecule has 0 bridgehead atoms. The first-order valence-electron chi connectivity index (χ1n) is 11.4. The Bertz CT molecular complexity index is 1500. The summed E-state index contributed by atoms with van der Waals surface area (Å²) in [5.41, 5.74) is 0.856. The summed E-state index contributed by atoms with van der Waals surface area (Å²) in [6.07, 6.45) is 0. The molecule has 38 heavy (non-hydrogen) atoms. The van der Waals surface area contributed by atoms with Gasteiger partial charge in [0.2, 0.25) is 0 Å². The molecule has 1 heterocycles. The van der Waals surface area contributed by atoms with E-state index in [9.17, 15) is 29.4 Å². The van der Waals surface area contributed by atoms with E-state index in [1.165, 1.54) is 41.7 Å². The van der Waals surface area contributed by atoms with Gasteiger partial charge in [-0.25, -0.2) is 4.79 Å². The molecule has 3 aromatic carbocycles. The highest BCUT2D eigenvalue weighted by Crippen LogP contribution is 2.25. The average molecular weight is 552 g/mol. The number of fused-ring (bicyclic) bond motifs is 1. The van der Waals surface area contributed by atoms with Gasteiger partial charge in [0.15, 0.2) is 0 Å². The number of carboxylic acid groups (broad SMARTS) is 1. The normalized spacial score (nSPS) is 11.5. The smallest absolute Gasteiger partial charge is 0.328 e. The number of halogens is 1. The van der Waals surface area contributed by atoms with Gasteiger partial charge in [0, 0.05) is 23.4 Å². The van der Waals surface area contributed by atoms with Gasteiger partial charge in [0.05, 0.1) is 15.5 Å². The molecule has 0 aliphatic rings. The lowest BCUT2D eigenvalue weighted by molar-refractivity contribution is -0.139. The number of hydrogen-bond donors (Lipinski definition) is 5. The lowest BCUT2D eigenvalue weighted by Gasteiger charge is -2.16. The second kappa shape index (κ2) is 11.8. The fourth-order valence-corrected chi connectivity index (χ4v) is 4.85. The van der Waals surface area contributed by atoms with Crippen LogP contribution in [0.1, 0.15) is 36.0 Å². The second-order valence-electron chi connectivity index (χ2n) is 8.27. The molecule has 0 aliphatic carbocycles. The summed E-state index contributed by atoms with van der Waals surface area (Å²) in [7, 11) is 0. The van der Waals surface area contributed by atoms with E-state index >= 15 is 0 Å². The maximum atomic E-state index is 12.7. The average Bonchev–Trinajstić information content (AvgIpc) is 3.33.